The Morgan fingerprint density at radius 3 is 1.38 bits per heavy atom. The fourth-order valence-corrected chi connectivity index (χ4v) is 9.89. The third kappa shape index (κ3) is 5.30. The van der Waals surface area contributed by atoms with Crippen molar-refractivity contribution in [3.05, 3.63) is 210 Å². The lowest BCUT2D eigenvalue weighted by Gasteiger charge is -2.33. The Bertz CT molecular complexity index is 3090. The molecule has 58 heavy (non-hydrogen) atoms. The Morgan fingerprint density at radius 2 is 0.862 bits per heavy atom. The lowest BCUT2D eigenvalue weighted by atomic mass is 9.95. The molecule has 0 bridgehead atoms. The summed E-state index contributed by atoms with van der Waals surface area (Å²) in [6, 6.07) is 67.6. The van der Waals surface area contributed by atoms with E-state index in [0.717, 1.165) is 73.1 Å². The molecule has 4 heterocycles. The van der Waals surface area contributed by atoms with E-state index in [4.69, 9.17) is 9.97 Å². The van der Waals surface area contributed by atoms with Crippen LogP contribution in [0, 0.1) is 0 Å². The normalized spacial score (nSPS) is 13.0. The highest BCUT2D eigenvalue weighted by molar-refractivity contribution is 7.21. The molecule has 8 aromatic carbocycles. The zero-order valence-electron chi connectivity index (χ0n) is 31.5. The van der Waals surface area contributed by atoms with Gasteiger partial charge >= 0.3 is 0 Å². The number of hydrogen-bond acceptors (Lipinski definition) is 5. The van der Waals surface area contributed by atoms with Crippen LogP contribution < -0.4 is 9.80 Å². The van der Waals surface area contributed by atoms with Gasteiger partial charge in [-0.3, -0.25) is 4.57 Å². The summed E-state index contributed by atoms with van der Waals surface area (Å²) in [6.07, 6.45) is 1.88. The first kappa shape index (κ1) is 32.9. The van der Waals surface area contributed by atoms with Crippen molar-refractivity contribution < 1.29 is 0 Å². The minimum Gasteiger partial charge on any atom is -0.310 e. The van der Waals surface area contributed by atoms with Crippen molar-refractivity contribution in [2.75, 3.05) is 9.80 Å². The molecule has 2 aliphatic heterocycles. The van der Waals surface area contributed by atoms with Gasteiger partial charge in [-0.2, -0.15) is 0 Å². The Labute approximate surface area is 340 Å². The summed E-state index contributed by atoms with van der Waals surface area (Å²) in [5.41, 5.74) is 18.7. The van der Waals surface area contributed by atoms with Gasteiger partial charge in [-0.15, -0.1) is 11.3 Å². The van der Waals surface area contributed by atoms with Crippen LogP contribution in [0.4, 0.5) is 34.1 Å². The molecule has 10 aromatic rings. The molecule has 0 saturated carbocycles. The summed E-state index contributed by atoms with van der Waals surface area (Å²) in [7, 11) is 0. The molecule has 2 aromatic heterocycles. The number of thiazole rings is 1. The second-order valence-corrected chi connectivity index (χ2v) is 16.1. The Balaban J connectivity index is 0.915. The maximum atomic E-state index is 5.33. The molecule has 0 amide bonds. The predicted octanol–water partition coefficient (Wildman–Crippen LogP) is 13.7. The highest BCUT2D eigenvalue weighted by atomic mass is 32.1. The first-order valence-electron chi connectivity index (χ1n) is 19.7. The van der Waals surface area contributed by atoms with E-state index >= 15 is 0 Å². The molecule has 0 radical (unpaired) electrons. The maximum Gasteiger partial charge on any atom is 0.145 e. The fourth-order valence-electron chi connectivity index (χ4n) is 8.91. The molecule has 0 spiro atoms. The largest absolute Gasteiger partial charge is 0.310 e. The van der Waals surface area contributed by atoms with E-state index in [0.29, 0.717) is 0 Å². The van der Waals surface area contributed by atoms with Crippen molar-refractivity contribution >= 4 is 66.7 Å². The van der Waals surface area contributed by atoms with E-state index in [1.807, 2.05) is 0 Å². The van der Waals surface area contributed by atoms with Crippen LogP contribution in [0.5, 0.6) is 0 Å². The third-order valence-corrected chi connectivity index (χ3v) is 12.7. The van der Waals surface area contributed by atoms with Crippen molar-refractivity contribution in [1.29, 1.82) is 0 Å². The second-order valence-electron chi connectivity index (χ2n) is 15.1. The van der Waals surface area contributed by atoms with E-state index in [1.54, 1.807) is 11.3 Å². The van der Waals surface area contributed by atoms with Gasteiger partial charge in [0.1, 0.15) is 10.8 Å². The first-order valence-corrected chi connectivity index (χ1v) is 20.6. The van der Waals surface area contributed by atoms with Crippen LogP contribution in [0.3, 0.4) is 0 Å². The van der Waals surface area contributed by atoms with Crippen molar-refractivity contribution in [3.8, 4) is 27.6 Å². The van der Waals surface area contributed by atoms with Crippen molar-refractivity contribution in [2.24, 2.45) is 0 Å². The average Bonchev–Trinajstić information content (AvgIpc) is 3.88. The van der Waals surface area contributed by atoms with Gasteiger partial charge < -0.3 is 9.80 Å². The van der Waals surface area contributed by atoms with E-state index in [-0.39, 0.29) is 0 Å². The molecule has 6 heteroatoms. The number of benzene rings is 8. The number of fused-ring (bicyclic) bond motifs is 6. The molecule has 0 unspecified atom stereocenters. The van der Waals surface area contributed by atoms with E-state index < -0.39 is 0 Å². The SMILES string of the molecule is c1ccc(-n2c(-c3ccc(N4c5ccccc5Cc5ccccc54)cc3)nc3cc4sc(-c5ccc(N6c7ccccc7Cc7ccccc76)cc5)nc4cc32)cc1. The second kappa shape index (κ2) is 13.2. The molecule has 12 rings (SSSR count). The average molecular weight is 762 g/mol. The summed E-state index contributed by atoms with van der Waals surface area (Å²) < 4.78 is 3.39. The molecule has 0 N–H and O–H groups in total. The predicted molar refractivity (Wildman–Crippen MR) is 240 cm³/mol. The van der Waals surface area contributed by atoms with Crippen LogP contribution in [0.15, 0.2) is 188 Å². The highest BCUT2D eigenvalue weighted by Crippen LogP contribution is 2.46. The molecule has 5 nitrogen and oxygen atoms in total. The minimum absolute atomic E-state index is 0.904. The standard InChI is InChI=1S/C52H35N5S/c1-2-16-40(17-3-1)57-49-32-44-50(58-52(54-44)35-24-28-42(29-25-35)56-47-20-10-6-14-38(47)31-39-15-7-11-21-48(39)56)33-43(49)53-51(57)34-22-26-41(27-23-34)55-45-18-8-4-12-36(45)30-37-13-5-9-19-46(37)55/h1-29,32-33H,30-31H2. The number of nitrogens with zero attached hydrogens (tertiary/aromatic N) is 5. The summed E-state index contributed by atoms with van der Waals surface area (Å²) in [5, 5.41) is 0.997. The van der Waals surface area contributed by atoms with E-state index in [9.17, 15) is 0 Å². The van der Waals surface area contributed by atoms with Gasteiger partial charge in [-0.1, -0.05) is 91.0 Å². The Kier molecular flexibility index (Phi) is 7.46. The first-order chi connectivity index (χ1) is 28.7. The van der Waals surface area contributed by atoms with E-state index in [1.165, 1.54) is 45.0 Å². The smallest absolute Gasteiger partial charge is 0.145 e. The molecular weight excluding hydrogens is 727 g/mol. The molecule has 0 atom stereocenters. The van der Waals surface area contributed by atoms with Crippen molar-refractivity contribution in [3.63, 3.8) is 0 Å². The molecule has 274 valence electrons. The summed E-state index contributed by atoms with van der Waals surface area (Å²) in [4.78, 5) is 15.3. The Morgan fingerprint density at radius 1 is 0.397 bits per heavy atom. The fraction of sp³-hybridized carbons (Fsp3) is 0.0385. The Hall–Kier alpha value is -7.28. The number of anilines is 6. The van der Waals surface area contributed by atoms with Gasteiger partial charge in [0.2, 0.25) is 0 Å². The topological polar surface area (TPSA) is 37.2 Å². The number of para-hydroxylation sites is 5. The van der Waals surface area contributed by atoms with Crippen LogP contribution in [0.1, 0.15) is 22.3 Å². The van der Waals surface area contributed by atoms with Crippen LogP contribution in [-0.4, -0.2) is 14.5 Å². The van der Waals surface area contributed by atoms with Crippen molar-refractivity contribution in [1.82, 2.24) is 14.5 Å². The van der Waals surface area contributed by atoms with Gasteiger partial charge in [0.15, 0.2) is 0 Å². The number of aromatic nitrogens is 3. The highest BCUT2D eigenvalue weighted by Gasteiger charge is 2.26. The van der Waals surface area contributed by atoms with Crippen LogP contribution in [-0.2, 0) is 12.8 Å². The van der Waals surface area contributed by atoms with Gasteiger partial charge in [0, 0.05) is 63.8 Å². The number of rotatable bonds is 5. The summed E-state index contributed by atoms with van der Waals surface area (Å²) in [5.74, 6) is 0.904. The summed E-state index contributed by atoms with van der Waals surface area (Å²) >= 11 is 1.72. The van der Waals surface area contributed by atoms with Crippen LogP contribution in [0.25, 0.3) is 48.9 Å². The van der Waals surface area contributed by atoms with Gasteiger partial charge in [-0.25, -0.2) is 9.97 Å². The number of hydrogen-bond donors (Lipinski definition) is 0. The number of imidazole rings is 1. The summed E-state index contributed by atoms with van der Waals surface area (Å²) in [6.45, 7) is 0. The van der Waals surface area contributed by atoms with Gasteiger partial charge in [-0.05, 0) is 119 Å². The third-order valence-electron chi connectivity index (χ3n) is 11.6. The molecule has 0 saturated heterocycles. The zero-order chi connectivity index (χ0) is 38.2. The van der Waals surface area contributed by atoms with Gasteiger partial charge in [0.25, 0.3) is 0 Å². The molecular formula is C52H35N5S. The van der Waals surface area contributed by atoms with Crippen LogP contribution >= 0.6 is 11.3 Å². The lowest BCUT2D eigenvalue weighted by molar-refractivity contribution is 1.08. The zero-order valence-corrected chi connectivity index (χ0v) is 32.3. The maximum absolute atomic E-state index is 5.33. The molecule has 2 aliphatic rings. The lowest BCUT2D eigenvalue weighted by Crippen LogP contribution is -2.18. The van der Waals surface area contributed by atoms with Gasteiger partial charge in [0.05, 0.1) is 21.3 Å². The molecule has 0 aliphatic carbocycles. The monoisotopic (exact) mass is 761 g/mol. The van der Waals surface area contributed by atoms with Crippen molar-refractivity contribution in [2.45, 2.75) is 12.8 Å². The van der Waals surface area contributed by atoms with Crippen LogP contribution in [0.2, 0.25) is 0 Å². The molecule has 0 fully saturated rings. The quantitative estimate of drug-likeness (QED) is 0.175. The van der Waals surface area contributed by atoms with E-state index in [2.05, 4.69) is 202 Å². The minimum atomic E-state index is 0.904.